The third-order valence-electron chi connectivity index (χ3n) is 3.52. The van der Waals surface area contributed by atoms with E-state index in [1.165, 1.54) is 62.0 Å². The Bertz CT molecular complexity index is 115. The molecule has 0 aromatic rings. The summed E-state index contributed by atoms with van der Waals surface area (Å²) in [7, 11) is -0.968. The van der Waals surface area contributed by atoms with Crippen molar-refractivity contribution in [3.05, 3.63) is 0 Å². The molecule has 0 bridgehead atoms. The van der Waals surface area contributed by atoms with Crippen LogP contribution in [0.2, 0.25) is 18.1 Å². The maximum Gasteiger partial charge on any atom is 0.0636 e. The van der Waals surface area contributed by atoms with E-state index in [0.717, 1.165) is 0 Å². The lowest BCUT2D eigenvalue weighted by molar-refractivity contribution is 0.794. The number of rotatable bonds is 10. The van der Waals surface area contributed by atoms with Crippen molar-refractivity contribution in [1.29, 1.82) is 0 Å². The molecule has 0 amide bonds. The average molecular weight is 247 g/mol. The standard InChI is InChI=1S/C13H30SSi/c1-4-7-10-15(13-14,11-8-5-2)12-9-6-3/h14H,4-13H2,1-3H3. The van der Waals surface area contributed by atoms with Crippen molar-refractivity contribution in [1.82, 2.24) is 0 Å². The SMILES string of the molecule is CCCC[Si](CS)(CCCC)CCCC. The first-order chi connectivity index (χ1) is 7.24. The topological polar surface area (TPSA) is 0 Å². The summed E-state index contributed by atoms with van der Waals surface area (Å²) in [5, 5.41) is 1.23. The molecule has 2 heteroatoms. The van der Waals surface area contributed by atoms with Gasteiger partial charge in [0.05, 0.1) is 8.07 Å². The zero-order chi connectivity index (χ0) is 11.6. The van der Waals surface area contributed by atoms with E-state index in [-0.39, 0.29) is 0 Å². The van der Waals surface area contributed by atoms with Crippen LogP contribution in [0.25, 0.3) is 0 Å². The second-order valence-corrected chi connectivity index (χ2v) is 10.7. The van der Waals surface area contributed by atoms with Gasteiger partial charge in [-0.2, -0.15) is 12.6 Å². The number of hydrogen-bond donors (Lipinski definition) is 1. The van der Waals surface area contributed by atoms with E-state index in [2.05, 4.69) is 33.4 Å². The Kier molecular flexibility index (Phi) is 10.1. The largest absolute Gasteiger partial charge is 0.182 e. The summed E-state index contributed by atoms with van der Waals surface area (Å²) in [4.78, 5) is 0. The molecule has 0 aliphatic heterocycles. The van der Waals surface area contributed by atoms with Gasteiger partial charge in [0.1, 0.15) is 0 Å². The van der Waals surface area contributed by atoms with Gasteiger partial charge in [-0.15, -0.1) is 0 Å². The molecule has 0 saturated carbocycles. The van der Waals surface area contributed by atoms with Gasteiger partial charge in [0.15, 0.2) is 0 Å². The van der Waals surface area contributed by atoms with Gasteiger partial charge >= 0.3 is 0 Å². The van der Waals surface area contributed by atoms with Crippen molar-refractivity contribution in [3.8, 4) is 0 Å². The van der Waals surface area contributed by atoms with Crippen LogP contribution in [0.4, 0.5) is 0 Å². The normalized spacial score (nSPS) is 12.0. The second kappa shape index (κ2) is 9.77. The Labute approximate surface area is 104 Å². The molecule has 0 radical (unpaired) electrons. The molecule has 0 atom stereocenters. The van der Waals surface area contributed by atoms with E-state index < -0.39 is 8.07 Å². The minimum Gasteiger partial charge on any atom is -0.182 e. The average Bonchev–Trinajstić information content (AvgIpc) is 2.29. The van der Waals surface area contributed by atoms with Crippen molar-refractivity contribution < 1.29 is 0 Å². The van der Waals surface area contributed by atoms with Gasteiger partial charge in [0.25, 0.3) is 0 Å². The minimum atomic E-state index is -0.968. The summed E-state index contributed by atoms with van der Waals surface area (Å²) in [5.74, 6) is 0. The van der Waals surface area contributed by atoms with Crippen LogP contribution < -0.4 is 0 Å². The molecule has 0 aromatic carbocycles. The van der Waals surface area contributed by atoms with Crippen LogP contribution in [0.3, 0.4) is 0 Å². The molecule has 0 spiro atoms. The van der Waals surface area contributed by atoms with Crippen molar-refractivity contribution in [2.45, 2.75) is 77.4 Å². The van der Waals surface area contributed by atoms with Crippen molar-refractivity contribution in [3.63, 3.8) is 0 Å². The van der Waals surface area contributed by atoms with Gasteiger partial charge in [-0.1, -0.05) is 77.4 Å². The van der Waals surface area contributed by atoms with Crippen molar-refractivity contribution in [2.75, 3.05) is 5.38 Å². The van der Waals surface area contributed by atoms with Crippen molar-refractivity contribution >= 4 is 20.7 Å². The molecule has 15 heavy (non-hydrogen) atoms. The molecule has 0 fully saturated rings. The van der Waals surface area contributed by atoms with Gasteiger partial charge in [0, 0.05) is 0 Å². The lowest BCUT2D eigenvalue weighted by atomic mass is 10.4. The summed E-state index contributed by atoms with van der Waals surface area (Å²) >= 11 is 4.68. The molecule has 0 rings (SSSR count). The Hall–Kier alpha value is 0.567. The summed E-state index contributed by atoms with van der Waals surface area (Å²) in [6, 6.07) is 4.60. The van der Waals surface area contributed by atoms with Crippen molar-refractivity contribution in [2.24, 2.45) is 0 Å². The van der Waals surface area contributed by atoms with Crippen LogP contribution in [0, 0.1) is 0 Å². The van der Waals surface area contributed by atoms with Gasteiger partial charge in [-0.05, 0) is 5.38 Å². The Balaban J connectivity index is 4.16. The third kappa shape index (κ3) is 6.67. The summed E-state index contributed by atoms with van der Waals surface area (Å²) in [6.45, 7) is 6.95. The fraction of sp³-hybridized carbons (Fsp3) is 1.00. The molecule has 92 valence electrons. The lowest BCUT2D eigenvalue weighted by Crippen LogP contribution is -2.36. The van der Waals surface area contributed by atoms with Crippen LogP contribution in [0.15, 0.2) is 0 Å². The first-order valence-electron chi connectivity index (χ1n) is 6.85. The molecule has 0 aliphatic carbocycles. The fourth-order valence-corrected chi connectivity index (χ4v) is 8.23. The lowest BCUT2D eigenvalue weighted by Gasteiger charge is -2.30. The number of unbranched alkanes of at least 4 members (excludes halogenated alkanes) is 3. The summed E-state index contributed by atoms with van der Waals surface area (Å²) in [6.07, 6.45) is 8.42. The van der Waals surface area contributed by atoms with E-state index in [1.54, 1.807) is 0 Å². The van der Waals surface area contributed by atoms with Crippen LogP contribution in [-0.2, 0) is 0 Å². The smallest absolute Gasteiger partial charge is 0.0636 e. The maximum atomic E-state index is 4.68. The molecule has 0 unspecified atom stereocenters. The summed E-state index contributed by atoms with van der Waals surface area (Å²) in [5.41, 5.74) is 0. The van der Waals surface area contributed by atoms with E-state index in [9.17, 15) is 0 Å². The Morgan fingerprint density at radius 3 is 1.27 bits per heavy atom. The quantitative estimate of drug-likeness (QED) is 0.392. The number of hydrogen-bond acceptors (Lipinski definition) is 1. The monoisotopic (exact) mass is 246 g/mol. The molecule has 0 aromatic heterocycles. The van der Waals surface area contributed by atoms with Crippen LogP contribution in [-0.4, -0.2) is 13.5 Å². The van der Waals surface area contributed by atoms with Gasteiger partial charge in [-0.3, -0.25) is 0 Å². The molecule has 0 heterocycles. The van der Waals surface area contributed by atoms with E-state index in [0.29, 0.717) is 0 Å². The second-order valence-electron chi connectivity index (χ2n) is 4.97. The Morgan fingerprint density at radius 1 is 0.733 bits per heavy atom. The molecular weight excluding hydrogens is 216 g/mol. The highest BCUT2D eigenvalue weighted by Gasteiger charge is 2.28. The van der Waals surface area contributed by atoms with Gasteiger partial charge in [0.2, 0.25) is 0 Å². The van der Waals surface area contributed by atoms with Gasteiger partial charge < -0.3 is 0 Å². The first-order valence-corrected chi connectivity index (χ1v) is 10.3. The fourth-order valence-electron chi connectivity index (χ4n) is 2.27. The zero-order valence-corrected chi connectivity index (χ0v) is 12.9. The zero-order valence-electron chi connectivity index (χ0n) is 11.0. The van der Waals surface area contributed by atoms with Crippen LogP contribution in [0.5, 0.6) is 0 Å². The predicted molar refractivity (Wildman–Crippen MR) is 78.8 cm³/mol. The first kappa shape index (κ1) is 15.6. The third-order valence-corrected chi connectivity index (χ3v) is 10.4. The Morgan fingerprint density at radius 2 is 1.07 bits per heavy atom. The van der Waals surface area contributed by atoms with E-state index >= 15 is 0 Å². The number of thiol groups is 1. The highest BCUT2D eigenvalue weighted by molar-refractivity contribution is 7.82. The van der Waals surface area contributed by atoms with E-state index in [1.807, 2.05) is 0 Å². The molecule has 0 aliphatic rings. The van der Waals surface area contributed by atoms with Gasteiger partial charge in [-0.25, -0.2) is 0 Å². The molecular formula is C13H30SSi. The minimum absolute atomic E-state index is 0.968. The molecule has 0 N–H and O–H groups in total. The van der Waals surface area contributed by atoms with E-state index in [4.69, 9.17) is 0 Å². The predicted octanol–water partition coefficient (Wildman–Crippen LogP) is 5.30. The molecule has 0 nitrogen and oxygen atoms in total. The summed E-state index contributed by atoms with van der Waals surface area (Å²) < 4.78 is 0. The molecule has 0 saturated heterocycles. The van der Waals surface area contributed by atoms with Crippen LogP contribution in [0.1, 0.15) is 59.3 Å². The maximum absolute atomic E-state index is 4.68. The van der Waals surface area contributed by atoms with Crippen LogP contribution >= 0.6 is 12.6 Å². The highest BCUT2D eigenvalue weighted by Crippen LogP contribution is 2.29. The highest BCUT2D eigenvalue weighted by atomic mass is 32.1.